The summed E-state index contributed by atoms with van der Waals surface area (Å²) in [4.78, 5) is 0. The van der Waals surface area contributed by atoms with Gasteiger partial charge in [-0.15, -0.1) is 0 Å². The van der Waals surface area contributed by atoms with Gasteiger partial charge in [0.05, 0.1) is 0 Å². The average molecular weight is 368 g/mol. The van der Waals surface area contributed by atoms with E-state index < -0.39 is 0 Å². The van der Waals surface area contributed by atoms with Crippen LogP contribution in [0.2, 0.25) is 0 Å². The lowest BCUT2D eigenvalue weighted by molar-refractivity contribution is 0.0633. The molecule has 0 amide bonds. The summed E-state index contributed by atoms with van der Waals surface area (Å²) in [7, 11) is 0. The fourth-order valence-electron chi connectivity index (χ4n) is 4.69. The molecule has 0 radical (unpaired) electrons. The van der Waals surface area contributed by atoms with E-state index in [0.717, 1.165) is 29.6 Å². The van der Waals surface area contributed by atoms with Gasteiger partial charge in [0.2, 0.25) is 0 Å². The second kappa shape index (κ2) is 8.15. The van der Waals surface area contributed by atoms with Gasteiger partial charge in [0.15, 0.2) is 0 Å². The van der Waals surface area contributed by atoms with Crippen LogP contribution in [0.4, 0.5) is 0 Å². The van der Waals surface area contributed by atoms with Crippen molar-refractivity contribution in [2.45, 2.75) is 71.8 Å². The molecule has 2 rings (SSSR count). The Labute approximate surface area is 146 Å². The van der Waals surface area contributed by atoms with Crippen molar-refractivity contribution in [2.75, 3.05) is 11.9 Å². The van der Waals surface area contributed by atoms with Crippen molar-refractivity contribution in [1.29, 1.82) is 0 Å². The third-order valence-electron chi connectivity index (χ3n) is 5.78. The molecular formula is C20H34BrN. The van der Waals surface area contributed by atoms with Crippen molar-refractivity contribution in [3.8, 4) is 0 Å². The highest BCUT2D eigenvalue weighted by molar-refractivity contribution is 9.09. The molecule has 22 heavy (non-hydrogen) atoms. The number of rotatable bonds is 6. The molecule has 2 aliphatic rings. The molecule has 2 atom stereocenters. The molecule has 0 heterocycles. The Morgan fingerprint density at radius 1 is 1.09 bits per heavy atom. The Kier molecular flexibility index (Phi) is 6.76. The zero-order valence-corrected chi connectivity index (χ0v) is 16.5. The molecule has 0 spiro atoms. The van der Waals surface area contributed by atoms with Gasteiger partial charge in [-0.1, -0.05) is 53.1 Å². The van der Waals surface area contributed by atoms with Crippen LogP contribution in [0.3, 0.4) is 0 Å². The summed E-state index contributed by atoms with van der Waals surface area (Å²) in [5.74, 6) is 2.89. The number of alkyl halides is 1. The van der Waals surface area contributed by atoms with Crippen LogP contribution in [-0.4, -0.2) is 17.4 Å². The molecule has 2 bridgehead atoms. The molecule has 1 N–H and O–H groups in total. The monoisotopic (exact) mass is 367 g/mol. The topological polar surface area (TPSA) is 12.0 Å². The number of hydrogen-bond acceptors (Lipinski definition) is 1. The first-order valence-corrected chi connectivity index (χ1v) is 10.2. The number of allylic oxidation sites excluding steroid dienone is 3. The molecule has 2 unspecified atom stereocenters. The molecule has 0 aromatic rings. The van der Waals surface area contributed by atoms with Gasteiger partial charge < -0.3 is 5.32 Å². The Bertz CT molecular complexity index is 405. The highest BCUT2D eigenvalue weighted by Crippen LogP contribution is 2.47. The maximum absolute atomic E-state index is 3.96. The first-order chi connectivity index (χ1) is 10.5. The quantitative estimate of drug-likeness (QED) is 0.457. The fourth-order valence-corrected chi connectivity index (χ4v) is 4.88. The summed E-state index contributed by atoms with van der Waals surface area (Å²) in [6.07, 6.45) is 13.0. The first-order valence-electron chi connectivity index (χ1n) is 9.10. The van der Waals surface area contributed by atoms with Crippen LogP contribution >= 0.6 is 15.9 Å². The molecule has 126 valence electrons. The maximum atomic E-state index is 3.96. The summed E-state index contributed by atoms with van der Waals surface area (Å²) >= 11 is 3.51. The van der Waals surface area contributed by atoms with Crippen molar-refractivity contribution >= 4 is 15.9 Å². The van der Waals surface area contributed by atoms with Gasteiger partial charge in [-0.25, -0.2) is 0 Å². The van der Waals surface area contributed by atoms with Crippen molar-refractivity contribution in [3.63, 3.8) is 0 Å². The molecular weight excluding hydrogens is 334 g/mol. The lowest BCUT2D eigenvalue weighted by Crippen LogP contribution is -2.52. The second-order valence-electron chi connectivity index (χ2n) is 8.10. The van der Waals surface area contributed by atoms with E-state index >= 15 is 0 Å². The van der Waals surface area contributed by atoms with Crippen molar-refractivity contribution < 1.29 is 0 Å². The van der Waals surface area contributed by atoms with E-state index in [-0.39, 0.29) is 0 Å². The molecule has 0 saturated heterocycles. The molecule has 1 nitrogen and oxygen atoms in total. The van der Waals surface area contributed by atoms with Crippen molar-refractivity contribution in [2.24, 2.45) is 17.8 Å². The lowest BCUT2D eigenvalue weighted by atomic mass is 9.61. The minimum atomic E-state index is 0.400. The Morgan fingerprint density at radius 3 is 2.23 bits per heavy atom. The highest BCUT2D eigenvalue weighted by atomic mass is 79.9. The summed E-state index contributed by atoms with van der Waals surface area (Å²) < 4.78 is 0. The summed E-state index contributed by atoms with van der Waals surface area (Å²) in [6.45, 7) is 10.3. The highest BCUT2D eigenvalue weighted by Gasteiger charge is 2.42. The van der Waals surface area contributed by atoms with E-state index in [0.29, 0.717) is 5.54 Å². The zero-order chi connectivity index (χ0) is 16.2. The van der Waals surface area contributed by atoms with Crippen LogP contribution in [0, 0.1) is 17.8 Å². The first kappa shape index (κ1) is 18.3. The van der Waals surface area contributed by atoms with E-state index in [1.807, 2.05) is 0 Å². The predicted octanol–water partition coefficient (Wildman–Crippen LogP) is 5.86. The Hall–Kier alpha value is -0.0800. The normalized spacial score (nSPS) is 36.5. The van der Waals surface area contributed by atoms with Crippen LogP contribution in [0.5, 0.6) is 0 Å². The summed E-state index contributed by atoms with van der Waals surface area (Å²) in [5.41, 5.74) is 3.22. The van der Waals surface area contributed by atoms with Crippen molar-refractivity contribution in [1.82, 2.24) is 5.32 Å². The number of halogens is 1. The summed E-state index contributed by atoms with van der Waals surface area (Å²) in [6, 6.07) is 0. The fraction of sp³-hybridized carbons (Fsp3) is 0.800. The Balaban J connectivity index is 1.95. The average Bonchev–Trinajstić information content (AvgIpc) is 2.49. The van der Waals surface area contributed by atoms with E-state index in [2.05, 4.69) is 61.1 Å². The molecule has 2 fully saturated rings. The smallest absolute Gasteiger partial charge is 0.0242 e. The van der Waals surface area contributed by atoms with Crippen LogP contribution in [0.1, 0.15) is 66.2 Å². The largest absolute Gasteiger partial charge is 0.308 e. The van der Waals surface area contributed by atoms with E-state index in [4.69, 9.17) is 0 Å². The molecule has 0 aromatic heterocycles. The van der Waals surface area contributed by atoms with Gasteiger partial charge in [-0.05, 0) is 70.1 Å². The van der Waals surface area contributed by atoms with Gasteiger partial charge in [0, 0.05) is 17.4 Å². The number of nitrogens with one attached hydrogen (secondary N) is 1. The van der Waals surface area contributed by atoms with Crippen LogP contribution < -0.4 is 5.32 Å². The molecule has 2 aliphatic carbocycles. The SMILES string of the molecule is CCC1(NC/C(C)=C/C=C(\C)CBr)CC2CC(C)CC(C2)C1. The third-order valence-corrected chi connectivity index (χ3v) is 6.66. The minimum Gasteiger partial charge on any atom is -0.308 e. The van der Waals surface area contributed by atoms with Crippen LogP contribution in [0.15, 0.2) is 23.3 Å². The molecule has 2 heteroatoms. The van der Waals surface area contributed by atoms with E-state index in [9.17, 15) is 0 Å². The number of hydrogen-bond donors (Lipinski definition) is 1. The van der Waals surface area contributed by atoms with Crippen LogP contribution in [0.25, 0.3) is 0 Å². The minimum absolute atomic E-state index is 0.400. The standard InChI is InChI=1S/C20H34BrN/c1-5-20(22-14-16(3)7-6-15(2)13-21)11-18-8-17(4)9-19(10-18)12-20/h6-7,17-19,22H,5,8-14H2,1-4H3/b15-6+,16-7+. The van der Waals surface area contributed by atoms with Gasteiger partial charge in [0.25, 0.3) is 0 Å². The predicted molar refractivity (Wildman–Crippen MR) is 102 cm³/mol. The Morgan fingerprint density at radius 2 is 1.68 bits per heavy atom. The van der Waals surface area contributed by atoms with Gasteiger partial charge in [0.1, 0.15) is 0 Å². The van der Waals surface area contributed by atoms with Crippen molar-refractivity contribution in [3.05, 3.63) is 23.3 Å². The van der Waals surface area contributed by atoms with E-state index in [1.165, 1.54) is 49.7 Å². The van der Waals surface area contributed by atoms with Crippen LogP contribution in [-0.2, 0) is 0 Å². The zero-order valence-electron chi connectivity index (χ0n) is 14.9. The molecule has 2 saturated carbocycles. The third kappa shape index (κ3) is 4.96. The molecule has 0 aromatic carbocycles. The molecule has 0 aliphatic heterocycles. The second-order valence-corrected chi connectivity index (χ2v) is 8.66. The maximum Gasteiger partial charge on any atom is 0.0242 e. The summed E-state index contributed by atoms with van der Waals surface area (Å²) in [5, 5.41) is 4.92. The van der Waals surface area contributed by atoms with Gasteiger partial charge >= 0.3 is 0 Å². The van der Waals surface area contributed by atoms with Gasteiger partial charge in [-0.2, -0.15) is 0 Å². The van der Waals surface area contributed by atoms with E-state index in [1.54, 1.807) is 0 Å². The van der Waals surface area contributed by atoms with Gasteiger partial charge in [-0.3, -0.25) is 0 Å². The lowest BCUT2D eigenvalue weighted by Gasteiger charge is -2.49. The number of fused-ring (bicyclic) bond motifs is 2.